The molecule has 8 heteroatoms. The molecule has 0 aliphatic carbocycles. The summed E-state index contributed by atoms with van der Waals surface area (Å²) >= 11 is 1.33. The van der Waals surface area contributed by atoms with E-state index in [2.05, 4.69) is 40.3 Å². The third-order valence-electron chi connectivity index (χ3n) is 8.01. The number of para-hydroxylation sites is 2. The summed E-state index contributed by atoms with van der Waals surface area (Å²) < 4.78 is 9.91. The van der Waals surface area contributed by atoms with Gasteiger partial charge in [0.15, 0.2) is 4.80 Å². The van der Waals surface area contributed by atoms with Gasteiger partial charge in [0, 0.05) is 34.9 Å². The van der Waals surface area contributed by atoms with Crippen LogP contribution >= 0.6 is 11.3 Å². The fraction of sp³-hybridized carbons (Fsp3) is 0.108. The number of nitrogens with zero attached hydrogens (tertiary/aromatic N) is 3. The topological polar surface area (TPSA) is 77.6 Å². The molecule has 0 radical (unpaired) electrons. The van der Waals surface area contributed by atoms with E-state index in [1.54, 1.807) is 11.7 Å². The van der Waals surface area contributed by atoms with E-state index in [1.807, 2.05) is 97.9 Å². The SMILES string of the molecule is COc1cccc(C2C(C(=O)Nc3ccccc3)=C(C)N=c3s/c(=C\c4cn(Cc5ccccc5)c5ccccc45)c(=O)n32)c1. The first-order chi connectivity index (χ1) is 22.0. The number of aromatic nitrogens is 2. The summed E-state index contributed by atoms with van der Waals surface area (Å²) in [6.07, 6.45) is 4.04. The van der Waals surface area contributed by atoms with Crippen LogP contribution in [0, 0.1) is 0 Å². The second-order valence-electron chi connectivity index (χ2n) is 10.9. The molecule has 3 heterocycles. The van der Waals surface area contributed by atoms with E-state index < -0.39 is 6.04 Å². The maximum Gasteiger partial charge on any atom is 0.271 e. The van der Waals surface area contributed by atoms with Gasteiger partial charge in [-0.25, -0.2) is 4.99 Å². The highest BCUT2D eigenvalue weighted by Crippen LogP contribution is 2.32. The third-order valence-corrected chi connectivity index (χ3v) is 8.99. The first kappa shape index (κ1) is 28.3. The number of thiazole rings is 1. The van der Waals surface area contributed by atoms with Gasteiger partial charge in [0.05, 0.1) is 29.0 Å². The van der Waals surface area contributed by atoms with Gasteiger partial charge in [0.2, 0.25) is 0 Å². The Labute approximate surface area is 263 Å². The van der Waals surface area contributed by atoms with Crippen molar-refractivity contribution in [1.82, 2.24) is 9.13 Å². The number of methoxy groups -OCH3 is 1. The Kier molecular flexibility index (Phi) is 7.49. The van der Waals surface area contributed by atoms with Crippen molar-refractivity contribution in [3.05, 3.63) is 163 Å². The zero-order chi connectivity index (χ0) is 30.9. The Balaban J connectivity index is 1.37. The standard InChI is InChI=1S/C37H30N4O3S/c1-24-33(35(42)39-28-15-7-4-8-16-28)34(26-14-11-17-29(20-26)44-2)41-36(43)32(45-37(41)38-24)21-27-23-40(22-25-12-5-3-6-13-25)31-19-10-9-18-30(27)31/h3-21,23,34H,22H2,1-2H3,(H,39,42)/b32-21-. The molecule has 222 valence electrons. The van der Waals surface area contributed by atoms with Crippen molar-refractivity contribution in [3.8, 4) is 5.75 Å². The van der Waals surface area contributed by atoms with Gasteiger partial charge in [0.25, 0.3) is 11.5 Å². The number of carbonyl (C=O) groups is 1. The van der Waals surface area contributed by atoms with Crippen LogP contribution in [0.4, 0.5) is 5.69 Å². The molecule has 7 rings (SSSR count). The van der Waals surface area contributed by atoms with Gasteiger partial charge in [-0.2, -0.15) is 0 Å². The van der Waals surface area contributed by atoms with Gasteiger partial charge in [-0.15, -0.1) is 0 Å². The normalized spacial score (nSPS) is 14.7. The molecule has 0 saturated carbocycles. The summed E-state index contributed by atoms with van der Waals surface area (Å²) in [5.41, 5.74) is 5.41. The van der Waals surface area contributed by atoms with Crippen molar-refractivity contribution < 1.29 is 9.53 Å². The lowest BCUT2D eigenvalue weighted by Gasteiger charge is -2.25. The first-order valence-electron chi connectivity index (χ1n) is 14.6. The van der Waals surface area contributed by atoms with Crippen LogP contribution in [0.5, 0.6) is 5.75 Å². The molecule has 6 aromatic rings. The zero-order valence-corrected chi connectivity index (χ0v) is 25.6. The molecule has 1 aliphatic rings. The number of amides is 1. The Hall–Kier alpha value is -5.47. The van der Waals surface area contributed by atoms with Crippen LogP contribution in [-0.4, -0.2) is 22.2 Å². The van der Waals surface area contributed by atoms with Crippen LogP contribution in [0.25, 0.3) is 17.0 Å². The number of fused-ring (bicyclic) bond motifs is 2. The molecule has 2 aromatic heterocycles. The van der Waals surface area contributed by atoms with E-state index in [9.17, 15) is 9.59 Å². The van der Waals surface area contributed by atoms with Crippen LogP contribution < -0.4 is 24.9 Å². The zero-order valence-electron chi connectivity index (χ0n) is 24.8. The van der Waals surface area contributed by atoms with Gasteiger partial charge in [-0.1, -0.05) is 90.2 Å². The molecule has 1 aliphatic heterocycles. The monoisotopic (exact) mass is 610 g/mol. The molecule has 1 atom stereocenters. The number of benzene rings is 4. The molecule has 0 spiro atoms. The number of hydrogen-bond acceptors (Lipinski definition) is 5. The number of carbonyl (C=O) groups excluding carboxylic acids is 1. The predicted octanol–water partition coefficient (Wildman–Crippen LogP) is 5.89. The lowest BCUT2D eigenvalue weighted by atomic mass is 9.95. The lowest BCUT2D eigenvalue weighted by Crippen LogP contribution is -2.40. The number of rotatable bonds is 7. The van der Waals surface area contributed by atoms with Crippen molar-refractivity contribution >= 4 is 39.9 Å². The van der Waals surface area contributed by atoms with Crippen LogP contribution in [0.15, 0.2) is 136 Å². The number of anilines is 1. The van der Waals surface area contributed by atoms with Gasteiger partial charge in [-0.05, 0) is 54.5 Å². The Morgan fingerprint density at radius 2 is 1.69 bits per heavy atom. The minimum atomic E-state index is -0.693. The average Bonchev–Trinajstić information content (AvgIpc) is 3.57. The number of allylic oxidation sites excluding steroid dienone is 1. The molecule has 1 unspecified atom stereocenters. The fourth-order valence-electron chi connectivity index (χ4n) is 5.90. The smallest absolute Gasteiger partial charge is 0.271 e. The highest BCUT2D eigenvalue weighted by Gasteiger charge is 2.33. The molecule has 1 N–H and O–H groups in total. The maximum absolute atomic E-state index is 14.3. The largest absolute Gasteiger partial charge is 0.497 e. The maximum atomic E-state index is 14.3. The van der Waals surface area contributed by atoms with Crippen LogP contribution in [-0.2, 0) is 11.3 Å². The van der Waals surface area contributed by atoms with Gasteiger partial charge >= 0.3 is 0 Å². The van der Waals surface area contributed by atoms with E-state index in [1.165, 1.54) is 16.9 Å². The summed E-state index contributed by atoms with van der Waals surface area (Å²) in [6.45, 7) is 2.53. The molecule has 0 fully saturated rings. The number of hydrogen-bond donors (Lipinski definition) is 1. The number of ether oxygens (including phenoxy) is 1. The molecule has 7 nitrogen and oxygen atoms in total. The summed E-state index contributed by atoms with van der Waals surface area (Å²) in [7, 11) is 1.60. The average molecular weight is 611 g/mol. The van der Waals surface area contributed by atoms with Crippen LogP contribution in [0.3, 0.4) is 0 Å². The Morgan fingerprint density at radius 3 is 2.47 bits per heavy atom. The van der Waals surface area contributed by atoms with Crippen LogP contribution in [0.2, 0.25) is 0 Å². The molecule has 0 bridgehead atoms. The Bertz CT molecular complexity index is 2260. The van der Waals surface area contributed by atoms with Crippen LogP contribution in [0.1, 0.15) is 29.7 Å². The lowest BCUT2D eigenvalue weighted by molar-refractivity contribution is -0.113. The van der Waals surface area contributed by atoms with Gasteiger partial charge in [-0.3, -0.25) is 14.2 Å². The van der Waals surface area contributed by atoms with Crippen molar-refractivity contribution in [3.63, 3.8) is 0 Å². The Morgan fingerprint density at radius 1 is 0.956 bits per heavy atom. The van der Waals surface area contributed by atoms with E-state index in [-0.39, 0.29) is 11.5 Å². The predicted molar refractivity (Wildman–Crippen MR) is 179 cm³/mol. The summed E-state index contributed by atoms with van der Waals surface area (Å²) in [4.78, 5) is 33.5. The second kappa shape index (κ2) is 11.9. The summed E-state index contributed by atoms with van der Waals surface area (Å²) in [6, 6.07) is 34.6. The van der Waals surface area contributed by atoms with E-state index in [4.69, 9.17) is 9.73 Å². The van der Waals surface area contributed by atoms with Crippen molar-refractivity contribution in [2.45, 2.75) is 19.5 Å². The molecular formula is C37H30N4O3S. The minimum Gasteiger partial charge on any atom is -0.497 e. The first-order valence-corrected chi connectivity index (χ1v) is 15.5. The minimum absolute atomic E-state index is 0.205. The van der Waals surface area contributed by atoms with Gasteiger partial charge < -0.3 is 14.6 Å². The highest BCUT2D eigenvalue weighted by molar-refractivity contribution is 7.07. The summed E-state index contributed by atoms with van der Waals surface area (Å²) in [5, 5.41) is 4.06. The third kappa shape index (κ3) is 5.41. The van der Waals surface area contributed by atoms with E-state index in [0.29, 0.717) is 38.6 Å². The molecule has 4 aromatic carbocycles. The molecule has 45 heavy (non-hydrogen) atoms. The molecule has 0 saturated heterocycles. The quantitative estimate of drug-likeness (QED) is 0.245. The van der Waals surface area contributed by atoms with Crippen molar-refractivity contribution in [2.24, 2.45) is 4.99 Å². The van der Waals surface area contributed by atoms with Crippen molar-refractivity contribution in [1.29, 1.82) is 0 Å². The van der Waals surface area contributed by atoms with Crippen molar-refractivity contribution in [2.75, 3.05) is 12.4 Å². The fourth-order valence-corrected chi connectivity index (χ4v) is 6.94. The summed E-state index contributed by atoms with van der Waals surface area (Å²) in [5.74, 6) is 0.326. The molecular weight excluding hydrogens is 580 g/mol. The molecule has 1 amide bonds. The highest BCUT2D eigenvalue weighted by atomic mass is 32.1. The second-order valence-corrected chi connectivity index (χ2v) is 11.9. The van der Waals surface area contributed by atoms with Gasteiger partial charge in [0.1, 0.15) is 5.75 Å². The van der Waals surface area contributed by atoms with E-state index in [0.717, 1.165) is 22.0 Å². The number of nitrogens with one attached hydrogen (secondary N) is 1. The van der Waals surface area contributed by atoms with E-state index >= 15 is 0 Å².